The lowest BCUT2D eigenvalue weighted by Crippen LogP contribution is -2.12. The highest BCUT2D eigenvalue weighted by molar-refractivity contribution is 7.15. The van der Waals surface area contributed by atoms with Gasteiger partial charge in [0.1, 0.15) is 18.0 Å². The Morgan fingerprint density at radius 2 is 2.12 bits per heavy atom. The molecule has 0 aliphatic carbocycles. The molecule has 0 fully saturated rings. The van der Waals surface area contributed by atoms with Crippen molar-refractivity contribution in [2.24, 2.45) is 10.7 Å². The highest BCUT2D eigenvalue weighted by Gasteiger charge is 2.18. The minimum atomic E-state index is -0.685. The summed E-state index contributed by atoms with van der Waals surface area (Å²) in [6, 6.07) is 12.3. The molecule has 4 rings (SSSR count). The number of hydrogen-bond donors (Lipinski definition) is 3. The number of benzene rings is 2. The minimum Gasteiger partial charge on any atom is -0.493 e. The van der Waals surface area contributed by atoms with Crippen LogP contribution in [0.2, 0.25) is 9.49 Å². The number of methoxy groups -OCH3 is 1. The number of nitrogens with two attached hydrogens (primary N) is 1. The molecule has 34 heavy (non-hydrogen) atoms. The Kier molecular flexibility index (Phi) is 7.31. The number of nitrogens with one attached hydrogen (secondary N) is 2. The van der Waals surface area contributed by atoms with Gasteiger partial charge < -0.3 is 20.5 Å². The van der Waals surface area contributed by atoms with Crippen LogP contribution in [0.4, 0.5) is 17.3 Å². The maximum Gasteiger partial charge on any atom is 0.256 e. The predicted octanol–water partition coefficient (Wildman–Crippen LogP) is 5.35. The van der Waals surface area contributed by atoms with Crippen LogP contribution in [-0.4, -0.2) is 34.4 Å². The molecule has 0 saturated carbocycles. The zero-order chi connectivity index (χ0) is 24.1. The molecule has 0 aliphatic rings. The number of carbonyl (C=O) groups is 1. The monoisotopic (exact) mass is 516 g/mol. The molecule has 4 aromatic rings. The summed E-state index contributed by atoms with van der Waals surface area (Å²) in [5.74, 6) is 0.828. The molecule has 0 atom stereocenters. The largest absolute Gasteiger partial charge is 0.493 e. The molecule has 0 radical (unpaired) electrons. The normalized spacial score (nSPS) is 11.0. The van der Waals surface area contributed by atoms with Gasteiger partial charge in [-0.2, -0.15) is 5.10 Å². The first kappa shape index (κ1) is 23.6. The lowest BCUT2D eigenvalue weighted by atomic mass is 10.2. The van der Waals surface area contributed by atoms with Crippen molar-refractivity contribution in [3.05, 3.63) is 74.2 Å². The molecule has 0 bridgehead atoms. The number of aliphatic imine (C=N–C) groups is 1. The molecule has 4 N–H and O–H groups in total. The molecule has 1 amide bonds. The highest BCUT2D eigenvalue weighted by Crippen LogP contribution is 2.30. The molecule has 2 aromatic heterocycles. The van der Waals surface area contributed by atoms with Crippen LogP contribution in [0.1, 0.15) is 20.8 Å². The zero-order valence-electron chi connectivity index (χ0n) is 17.7. The van der Waals surface area contributed by atoms with E-state index < -0.39 is 5.91 Å². The van der Waals surface area contributed by atoms with Crippen molar-refractivity contribution >= 4 is 64.0 Å². The SMILES string of the molecule is COc1cc(C=Nc2n[nH]c(Nc3cccc(Cl)c3)c2C(N)=O)ccc1OCc1cnc(Cl)s1. The molecular formula is C22H18Cl2N6O3S. The third-order valence-corrected chi connectivity index (χ3v) is 5.83. The van der Waals surface area contributed by atoms with Gasteiger partial charge in [0.25, 0.3) is 5.91 Å². The van der Waals surface area contributed by atoms with Crippen molar-refractivity contribution in [3.63, 3.8) is 0 Å². The minimum absolute atomic E-state index is 0.117. The molecule has 12 heteroatoms. The quantitative estimate of drug-likeness (QED) is 0.257. The first-order chi connectivity index (χ1) is 16.4. The lowest BCUT2D eigenvalue weighted by molar-refractivity contribution is 0.100. The van der Waals surface area contributed by atoms with Crippen LogP contribution in [0.5, 0.6) is 11.5 Å². The molecule has 9 nitrogen and oxygen atoms in total. The zero-order valence-corrected chi connectivity index (χ0v) is 20.0. The van der Waals surface area contributed by atoms with Crippen LogP contribution in [0.25, 0.3) is 0 Å². The van der Waals surface area contributed by atoms with Gasteiger partial charge in [0.2, 0.25) is 0 Å². The molecule has 0 saturated heterocycles. The van der Waals surface area contributed by atoms with Crippen molar-refractivity contribution in [3.8, 4) is 11.5 Å². The maximum absolute atomic E-state index is 12.1. The van der Waals surface area contributed by atoms with Gasteiger partial charge in [-0.05, 0) is 42.0 Å². The van der Waals surface area contributed by atoms with E-state index in [9.17, 15) is 4.79 Å². The van der Waals surface area contributed by atoms with E-state index in [0.717, 1.165) is 4.88 Å². The van der Waals surface area contributed by atoms with Crippen LogP contribution >= 0.6 is 34.5 Å². The Bertz CT molecular complexity index is 1350. The molecular weight excluding hydrogens is 499 g/mol. The Balaban J connectivity index is 1.52. The number of aromatic amines is 1. The van der Waals surface area contributed by atoms with Crippen molar-refractivity contribution in [1.29, 1.82) is 0 Å². The van der Waals surface area contributed by atoms with E-state index in [0.29, 0.717) is 44.7 Å². The average Bonchev–Trinajstić information content (AvgIpc) is 3.42. The van der Waals surface area contributed by atoms with Gasteiger partial charge in [0, 0.05) is 23.1 Å². The summed E-state index contributed by atoms with van der Waals surface area (Å²) in [4.78, 5) is 21.3. The Hall–Kier alpha value is -3.60. The third-order valence-electron chi connectivity index (χ3n) is 4.51. The van der Waals surface area contributed by atoms with Gasteiger partial charge >= 0.3 is 0 Å². The fourth-order valence-electron chi connectivity index (χ4n) is 2.98. The van der Waals surface area contributed by atoms with Crippen LogP contribution in [0, 0.1) is 0 Å². The Morgan fingerprint density at radius 1 is 1.26 bits per heavy atom. The number of thiazole rings is 1. The number of rotatable bonds is 9. The summed E-state index contributed by atoms with van der Waals surface area (Å²) >= 11 is 13.2. The topological polar surface area (TPSA) is 128 Å². The summed E-state index contributed by atoms with van der Waals surface area (Å²) in [6.07, 6.45) is 3.21. The molecule has 0 spiro atoms. The first-order valence-corrected chi connectivity index (χ1v) is 11.4. The highest BCUT2D eigenvalue weighted by atomic mass is 35.5. The van der Waals surface area contributed by atoms with Crippen LogP contribution < -0.4 is 20.5 Å². The number of ether oxygens (including phenoxy) is 2. The summed E-state index contributed by atoms with van der Waals surface area (Å²) in [5.41, 5.74) is 7.05. The standard InChI is InChI=1S/C22H18Cl2N6O3S/c1-32-17-7-12(5-6-16(17)33-11-15-10-27-22(24)34-15)9-26-20-18(19(25)31)21(30-29-20)28-14-4-2-3-13(23)8-14/h2-10H,11H2,1H3,(H2,25,31)(H2,28,29,30). The van der Waals surface area contributed by atoms with Crippen molar-refractivity contribution in [1.82, 2.24) is 15.2 Å². The summed E-state index contributed by atoms with van der Waals surface area (Å²) < 4.78 is 11.7. The summed E-state index contributed by atoms with van der Waals surface area (Å²) in [6.45, 7) is 0.311. The van der Waals surface area contributed by atoms with E-state index in [-0.39, 0.29) is 11.4 Å². The van der Waals surface area contributed by atoms with E-state index >= 15 is 0 Å². The van der Waals surface area contributed by atoms with Gasteiger partial charge in [-0.15, -0.1) is 11.3 Å². The number of amides is 1. The number of H-pyrrole nitrogens is 1. The van der Waals surface area contributed by atoms with E-state index in [4.69, 9.17) is 38.4 Å². The summed E-state index contributed by atoms with van der Waals surface area (Å²) in [5, 5.41) is 10.4. The van der Waals surface area contributed by atoms with Gasteiger partial charge in [-0.1, -0.05) is 29.3 Å². The lowest BCUT2D eigenvalue weighted by Gasteiger charge is -2.10. The summed E-state index contributed by atoms with van der Waals surface area (Å²) in [7, 11) is 1.54. The number of carbonyl (C=O) groups excluding carboxylic acids is 1. The second kappa shape index (κ2) is 10.6. The second-order valence-electron chi connectivity index (χ2n) is 6.83. The number of halogens is 2. The van der Waals surface area contributed by atoms with Crippen molar-refractivity contribution in [2.45, 2.75) is 6.61 Å². The Labute approximate surface area is 208 Å². The van der Waals surface area contributed by atoms with Gasteiger partial charge in [-0.3, -0.25) is 9.89 Å². The van der Waals surface area contributed by atoms with E-state index in [1.165, 1.54) is 11.3 Å². The fraction of sp³-hybridized carbons (Fsp3) is 0.0909. The Morgan fingerprint density at radius 3 is 2.82 bits per heavy atom. The second-order valence-corrected chi connectivity index (χ2v) is 8.97. The van der Waals surface area contributed by atoms with E-state index in [1.807, 2.05) is 0 Å². The first-order valence-electron chi connectivity index (χ1n) is 9.79. The van der Waals surface area contributed by atoms with Gasteiger partial charge in [0.05, 0.1) is 12.0 Å². The van der Waals surface area contributed by atoms with Gasteiger partial charge in [0.15, 0.2) is 21.8 Å². The van der Waals surface area contributed by atoms with Crippen LogP contribution in [0.3, 0.4) is 0 Å². The number of aromatic nitrogens is 3. The number of anilines is 2. The van der Waals surface area contributed by atoms with E-state index in [2.05, 4.69) is 25.5 Å². The van der Waals surface area contributed by atoms with E-state index in [1.54, 1.807) is 62.0 Å². The maximum atomic E-state index is 12.1. The molecule has 2 heterocycles. The number of hydrogen-bond acceptors (Lipinski definition) is 8. The molecule has 174 valence electrons. The molecule has 2 aromatic carbocycles. The smallest absolute Gasteiger partial charge is 0.256 e. The molecule has 0 unspecified atom stereocenters. The average molecular weight is 517 g/mol. The third kappa shape index (κ3) is 5.66. The van der Waals surface area contributed by atoms with Crippen LogP contribution in [-0.2, 0) is 6.61 Å². The number of nitrogens with zero attached hydrogens (tertiary/aromatic N) is 3. The predicted molar refractivity (Wildman–Crippen MR) is 134 cm³/mol. The molecule has 0 aliphatic heterocycles. The fourth-order valence-corrected chi connectivity index (χ4v) is 4.06. The van der Waals surface area contributed by atoms with Crippen molar-refractivity contribution in [2.75, 3.05) is 12.4 Å². The number of primary amides is 1. The van der Waals surface area contributed by atoms with Crippen molar-refractivity contribution < 1.29 is 14.3 Å². The van der Waals surface area contributed by atoms with Gasteiger partial charge in [-0.25, -0.2) is 9.98 Å². The van der Waals surface area contributed by atoms with Crippen LogP contribution in [0.15, 0.2) is 53.7 Å².